The molecule has 2 rings (SSSR count). The number of terminal acetylenes is 1. The molecule has 0 spiro atoms. The summed E-state index contributed by atoms with van der Waals surface area (Å²) in [6.45, 7) is 3.89. The lowest BCUT2D eigenvalue weighted by Crippen LogP contribution is -2.49. The third-order valence-electron chi connectivity index (χ3n) is 7.05. The Morgan fingerprint density at radius 2 is 1.74 bits per heavy atom. The molecule has 9 nitrogen and oxygen atoms in total. The highest BCUT2D eigenvalue weighted by atomic mass is 19.1. The minimum Gasteiger partial charge on any atom is -0.461 e. The molecule has 0 aliphatic rings. The normalized spacial score (nSPS) is 14.6. The average Bonchev–Trinajstić information content (AvgIpc) is 3.30. The molecule has 0 fully saturated rings. The van der Waals surface area contributed by atoms with Crippen LogP contribution < -0.4 is 5.73 Å². The number of nitrogens with two attached hydrogens (primary N) is 1. The number of carbonyl (C=O) groups is 1. The fraction of sp³-hybridized carbons (Fsp3) is 0.714. The second-order valence-electron chi connectivity index (χ2n) is 9.91. The molecule has 2 unspecified atom stereocenters. The van der Waals surface area contributed by atoms with E-state index in [4.69, 9.17) is 21.6 Å². The quantitative estimate of drug-likeness (QED) is 0.114. The molecular weight excluding hydrogens is 489 g/mol. The van der Waals surface area contributed by atoms with Crippen molar-refractivity contribution in [3.05, 3.63) is 12.4 Å². The van der Waals surface area contributed by atoms with Gasteiger partial charge in [0.2, 0.25) is 0 Å². The van der Waals surface area contributed by atoms with Gasteiger partial charge in [-0.2, -0.15) is 14.4 Å². The maximum atomic E-state index is 13.7. The molecule has 0 aromatic carbocycles. The minimum absolute atomic E-state index is 0.110. The number of fused-ring (bicyclic) bond motifs is 1. The molecule has 0 aliphatic carbocycles. The fourth-order valence-corrected chi connectivity index (χ4v) is 4.56. The fourth-order valence-electron chi connectivity index (χ4n) is 4.56. The van der Waals surface area contributed by atoms with Crippen LogP contribution in [0.15, 0.2) is 6.33 Å². The van der Waals surface area contributed by atoms with Crippen LogP contribution in [-0.4, -0.2) is 56.0 Å². The number of ether oxygens (including phenoxy) is 2. The Kier molecular flexibility index (Phi) is 13.4. The second-order valence-corrected chi connectivity index (χ2v) is 9.91. The number of nitrogen functional groups attached to an aromatic ring is 1. The Morgan fingerprint density at radius 3 is 2.34 bits per heavy atom. The monoisotopic (exact) mass is 533 g/mol. The van der Waals surface area contributed by atoms with E-state index in [-0.39, 0.29) is 42.0 Å². The van der Waals surface area contributed by atoms with Gasteiger partial charge in [-0.3, -0.25) is 4.79 Å². The number of nitrogens with zero attached hydrogens (tertiary/aromatic N) is 4. The second kappa shape index (κ2) is 16.2. The van der Waals surface area contributed by atoms with E-state index >= 15 is 0 Å². The highest BCUT2D eigenvalue weighted by Gasteiger charge is 2.39. The Hall–Kier alpha value is -2.77. The van der Waals surface area contributed by atoms with Crippen molar-refractivity contribution in [2.24, 2.45) is 5.92 Å². The van der Waals surface area contributed by atoms with Crippen molar-refractivity contribution in [2.75, 3.05) is 19.5 Å². The summed E-state index contributed by atoms with van der Waals surface area (Å²) in [5.41, 5.74) is 4.42. The van der Waals surface area contributed by atoms with Crippen molar-refractivity contribution < 1.29 is 23.8 Å². The Morgan fingerprint density at radius 1 is 1.13 bits per heavy atom. The number of halogens is 1. The summed E-state index contributed by atoms with van der Waals surface area (Å²) in [6, 6.07) is 0. The van der Waals surface area contributed by atoms with E-state index in [1.807, 2.05) is 0 Å². The van der Waals surface area contributed by atoms with Crippen molar-refractivity contribution >= 4 is 23.0 Å². The van der Waals surface area contributed by atoms with Gasteiger partial charge >= 0.3 is 12.0 Å². The topological polar surface area (TPSA) is 125 Å². The number of anilines is 1. The first kappa shape index (κ1) is 31.4. The third-order valence-corrected chi connectivity index (χ3v) is 7.05. The van der Waals surface area contributed by atoms with Crippen molar-refractivity contribution in [1.29, 1.82) is 0 Å². The number of methoxy groups -OCH3 is 1. The van der Waals surface area contributed by atoms with Crippen molar-refractivity contribution in [3.8, 4) is 12.3 Å². The minimum atomic E-state index is -1.61. The molecule has 2 heterocycles. The number of carbonyl (C=O) groups excluding carboxylic acids is 1. The predicted octanol–water partition coefficient (Wildman–Crippen LogP) is 4.81. The zero-order valence-electron chi connectivity index (χ0n) is 23.1. The third kappa shape index (κ3) is 8.91. The molecule has 2 aromatic rings. The molecule has 3 atom stereocenters. The van der Waals surface area contributed by atoms with Crippen LogP contribution in [0.3, 0.4) is 0 Å². The standard InChI is InChI=1S/C28H44FN5O4/c1-5-8-10-12-13-15-17-21(16-14-11-9-6-2)26(36)38-19-28(7-3,37-4)22(35)18-34-20-31-23-24(30)32-27(29)33-25(23)34/h3,20-22,35H,5-6,8-19H2,1-2,4H3,(H2,30,32,33)/t21?,22-,28?/m0/s1. The first-order valence-corrected chi connectivity index (χ1v) is 13.8. The van der Waals surface area contributed by atoms with Gasteiger partial charge in [-0.15, -0.1) is 6.42 Å². The summed E-state index contributed by atoms with van der Waals surface area (Å²) < 4.78 is 26.3. The van der Waals surface area contributed by atoms with Crippen LogP contribution in [0.2, 0.25) is 0 Å². The van der Waals surface area contributed by atoms with E-state index in [1.165, 1.54) is 43.7 Å². The van der Waals surface area contributed by atoms with Crippen LogP contribution in [0.4, 0.5) is 10.2 Å². The van der Waals surface area contributed by atoms with Crippen LogP contribution in [0.1, 0.15) is 90.9 Å². The van der Waals surface area contributed by atoms with E-state index in [2.05, 4.69) is 34.7 Å². The maximum Gasteiger partial charge on any atom is 0.312 e. The number of aliphatic hydroxyl groups excluding tert-OH is 1. The van der Waals surface area contributed by atoms with Crippen molar-refractivity contribution in [3.63, 3.8) is 0 Å². The summed E-state index contributed by atoms with van der Waals surface area (Å²) in [6.07, 6.45) is 17.5. The van der Waals surface area contributed by atoms with E-state index in [0.29, 0.717) is 0 Å². The molecule has 0 saturated heterocycles. The number of aliphatic hydroxyl groups is 1. The number of imidazole rings is 1. The summed E-state index contributed by atoms with van der Waals surface area (Å²) in [5.74, 6) is 1.80. The van der Waals surface area contributed by atoms with Crippen LogP contribution >= 0.6 is 0 Å². The van der Waals surface area contributed by atoms with Gasteiger partial charge in [-0.05, 0) is 12.8 Å². The van der Waals surface area contributed by atoms with Gasteiger partial charge < -0.3 is 24.9 Å². The van der Waals surface area contributed by atoms with Gasteiger partial charge in [0.1, 0.15) is 18.2 Å². The lowest BCUT2D eigenvalue weighted by atomic mass is 9.94. The van der Waals surface area contributed by atoms with Crippen LogP contribution in [0.25, 0.3) is 11.2 Å². The largest absolute Gasteiger partial charge is 0.461 e. The van der Waals surface area contributed by atoms with E-state index in [0.717, 1.165) is 51.4 Å². The summed E-state index contributed by atoms with van der Waals surface area (Å²) in [5, 5.41) is 11.0. The predicted molar refractivity (Wildman–Crippen MR) is 145 cm³/mol. The van der Waals surface area contributed by atoms with Gasteiger partial charge in [0.15, 0.2) is 17.1 Å². The molecule has 0 amide bonds. The van der Waals surface area contributed by atoms with E-state index in [1.54, 1.807) is 0 Å². The van der Waals surface area contributed by atoms with Gasteiger partial charge in [0.25, 0.3) is 0 Å². The molecule has 0 radical (unpaired) electrons. The molecule has 0 aliphatic heterocycles. The molecule has 0 saturated carbocycles. The van der Waals surface area contributed by atoms with Gasteiger partial charge in [-0.1, -0.05) is 84.0 Å². The first-order chi connectivity index (χ1) is 18.3. The average molecular weight is 534 g/mol. The number of aromatic nitrogens is 4. The number of hydrogen-bond acceptors (Lipinski definition) is 8. The van der Waals surface area contributed by atoms with Crippen LogP contribution in [-0.2, 0) is 20.8 Å². The van der Waals surface area contributed by atoms with Crippen LogP contribution in [0.5, 0.6) is 0 Å². The van der Waals surface area contributed by atoms with Gasteiger partial charge in [-0.25, -0.2) is 4.98 Å². The van der Waals surface area contributed by atoms with Gasteiger partial charge in [0.05, 0.1) is 18.8 Å². The lowest BCUT2D eigenvalue weighted by molar-refractivity contribution is -0.162. The molecule has 3 N–H and O–H groups in total. The summed E-state index contributed by atoms with van der Waals surface area (Å²) in [7, 11) is 1.35. The number of unbranched alkanes of at least 4 members (excludes halogenated alkanes) is 8. The molecular formula is C28H44FN5O4. The first-order valence-electron chi connectivity index (χ1n) is 13.8. The van der Waals surface area contributed by atoms with Gasteiger partial charge in [0, 0.05) is 7.11 Å². The molecule has 38 heavy (non-hydrogen) atoms. The SMILES string of the molecule is C#CC(COC(=O)C(CCCCCC)CCCCCCCC)(OC)[C@@H](O)Cn1cnc2c(N)nc(F)nc21. The summed E-state index contributed by atoms with van der Waals surface area (Å²) >= 11 is 0. The lowest BCUT2D eigenvalue weighted by Gasteiger charge is -2.32. The Bertz CT molecular complexity index is 1040. The molecule has 2 aromatic heterocycles. The zero-order valence-corrected chi connectivity index (χ0v) is 23.1. The molecule has 0 bridgehead atoms. The maximum absolute atomic E-state index is 13.7. The highest BCUT2D eigenvalue weighted by molar-refractivity contribution is 5.81. The number of esters is 1. The number of rotatable bonds is 19. The van der Waals surface area contributed by atoms with Crippen molar-refractivity contribution in [1.82, 2.24) is 19.5 Å². The zero-order chi connectivity index (χ0) is 28.0. The Balaban J connectivity index is 2.05. The Labute approximate surface area is 225 Å². The van der Waals surface area contributed by atoms with Crippen LogP contribution in [0, 0.1) is 24.3 Å². The van der Waals surface area contributed by atoms with E-state index in [9.17, 15) is 14.3 Å². The van der Waals surface area contributed by atoms with Crippen molar-refractivity contribution in [2.45, 2.75) is 109 Å². The highest BCUT2D eigenvalue weighted by Crippen LogP contribution is 2.24. The summed E-state index contributed by atoms with van der Waals surface area (Å²) in [4.78, 5) is 24.4. The number of hydrogen-bond donors (Lipinski definition) is 2. The molecule has 212 valence electrons. The van der Waals surface area contributed by atoms with E-state index < -0.39 is 17.8 Å². The molecule has 10 heteroatoms. The smallest absolute Gasteiger partial charge is 0.312 e.